The van der Waals surface area contributed by atoms with Crippen molar-refractivity contribution in [1.29, 1.82) is 0 Å². The third-order valence-electron chi connectivity index (χ3n) is 3.50. The summed E-state index contributed by atoms with van der Waals surface area (Å²) in [4.78, 5) is 20.4. The fourth-order valence-corrected chi connectivity index (χ4v) is 2.87. The maximum absolute atomic E-state index is 13.9. The Hall–Kier alpha value is -1.95. The predicted octanol–water partition coefficient (Wildman–Crippen LogP) is 3.19. The van der Waals surface area contributed by atoms with Gasteiger partial charge < -0.3 is 5.32 Å². The molecule has 2 rings (SSSR count). The fraction of sp³-hybridized carbons (Fsp3) is 0.353. The third-order valence-corrected chi connectivity index (χ3v) is 4.49. The van der Waals surface area contributed by atoms with Crippen LogP contribution in [0.5, 0.6) is 0 Å². The number of nitrogens with one attached hydrogen (secondary N) is 1. The maximum Gasteiger partial charge on any atom is 0.233 e. The number of aromatic nitrogens is 2. The number of amides is 1. The first kappa shape index (κ1) is 17.4. The van der Waals surface area contributed by atoms with E-state index in [2.05, 4.69) is 15.3 Å². The molecule has 0 bridgehead atoms. The van der Waals surface area contributed by atoms with Crippen LogP contribution in [0.4, 0.5) is 4.39 Å². The molecule has 1 amide bonds. The molecule has 6 heteroatoms. The maximum atomic E-state index is 13.9. The molecule has 23 heavy (non-hydrogen) atoms. The first-order chi connectivity index (χ1) is 10.9. The van der Waals surface area contributed by atoms with Crippen LogP contribution < -0.4 is 5.32 Å². The van der Waals surface area contributed by atoms with Gasteiger partial charge in [0.1, 0.15) is 5.82 Å². The average molecular weight is 333 g/mol. The fourth-order valence-electron chi connectivity index (χ4n) is 2.12. The van der Waals surface area contributed by atoms with Gasteiger partial charge in [0.15, 0.2) is 5.16 Å². The van der Waals surface area contributed by atoms with Crippen LogP contribution in [0.15, 0.2) is 47.9 Å². The number of carbonyl (C=O) groups excluding carboxylic acids is 1. The van der Waals surface area contributed by atoms with Gasteiger partial charge in [-0.2, -0.15) is 0 Å². The predicted molar refractivity (Wildman–Crippen MR) is 89.8 cm³/mol. The van der Waals surface area contributed by atoms with Crippen molar-refractivity contribution in [2.45, 2.75) is 36.6 Å². The zero-order valence-electron chi connectivity index (χ0n) is 13.4. The minimum atomic E-state index is -0.491. The van der Waals surface area contributed by atoms with Crippen LogP contribution in [0.1, 0.15) is 26.3 Å². The SMILES string of the molecule is CC(Sc1ncccn1)C(=O)NCC(C)(C)c1ccccc1F. The highest BCUT2D eigenvalue weighted by molar-refractivity contribution is 8.00. The Balaban J connectivity index is 1.94. The smallest absolute Gasteiger partial charge is 0.233 e. The van der Waals surface area contributed by atoms with Crippen LogP contribution in [0.2, 0.25) is 0 Å². The third kappa shape index (κ3) is 4.76. The van der Waals surface area contributed by atoms with E-state index in [1.54, 1.807) is 43.6 Å². The van der Waals surface area contributed by atoms with Gasteiger partial charge in [-0.05, 0) is 24.6 Å². The van der Waals surface area contributed by atoms with E-state index in [4.69, 9.17) is 0 Å². The zero-order valence-corrected chi connectivity index (χ0v) is 14.2. The molecule has 0 aliphatic carbocycles. The van der Waals surface area contributed by atoms with E-state index in [9.17, 15) is 9.18 Å². The molecule has 1 unspecified atom stereocenters. The van der Waals surface area contributed by atoms with Crippen molar-refractivity contribution in [3.05, 3.63) is 54.1 Å². The van der Waals surface area contributed by atoms with Gasteiger partial charge >= 0.3 is 0 Å². The highest BCUT2D eigenvalue weighted by Crippen LogP contribution is 2.25. The second kappa shape index (κ2) is 7.55. The first-order valence-electron chi connectivity index (χ1n) is 7.36. The van der Waals surface area contributed by atoms with Gasteiger partial charge in [-0.1, -0.05) is 43.8 Å². The van der Waals surface area contributed by atoms with E-state index in [1.165, 1.54) is 17.8 Å². The summed E-state index contributed by atoms with van der Waals surface area (Å²) in [6.45, 7) is 5.97. The van der Waals surface area contributed by atoms with E-state index in [0.29, 0.717) is 17.3 Å². The Morgan fingerprint density at radius 1 is 1.26 bits per heavy atom. The Morgan fingerprint density at radius 3 is 2.57 bits per heavy atom. The number of halogens is 1. The lowest BCUT2D eigenvalue weighted by Gasteiger charge is -2.26. The molecule has 4 nitrogen and oxygen atoms in total. The molecule has 0 saturated heterocycles. The molecule has 0 saturated carbocycles. The quantitative estimate of drug-likeness (QED) is 0.651. The molecule has 0 aliphatic rings. The standard InChI is InChI=1S/C17H20FN3OS/c1-12(23-16-19-9-6-10-20-16)15(22)21-11-17(2,3)13-7-4-5-8-14(13)18/h4-10,12H,11H2,1-3H3,(H,21,22). The molecule has 1 aromatic heterocycles. The minimum Gasteiger partial charge on any atom is -0.354 e. The Bertz CT molecular complexity index is 664. The Labute approximate surface area is 139 Å². The molecule has 122 valence electrons. The molecule has 1 heterocycles. The summed E-state index contributed by atoms with van der Waals surface area (Å²) in [5.41, 5.74) is 0.0984. The van der Waals surface area contributed by atoms with Gasteiger partial charge in [0, 0.05) is 24.4 Å². The molecule has 1 N–H and O–H groups in total. The number of benzene rings is 1. The molecule has 0 aliphatic heterocycles. The molecule has 1 aromatic carbocycles. The second-order valence-electron chi connectivity index (χ2n) is 5.87. The van der Waals surface area contributed by atoms with Gasteiger partial charge in [0.05, 0.1) is 5.25 Å². The number of carbonyl (C=O) groups is 1. The van der Waals surface area contributed by atoms with E-state index >= 15 is 0 Å². The zero-order chi connectivity index (χ0) is 16.9. The summed E-state index contributed by atoms with van der Waals surface area (Å²) in [7, 11) is 0. The van der Waals surface area contributed by atoms with E-state index in [-0.39, 0.29) is 17.0 Å². The second-order valence-corrected chi connectivity index (χ2v) is 7.18. The van der Waals surface area contributed by atoms with Gasteiger partial charge in [-0.25, -0.2) is 14.4 Å². The monoisotopic (exact) mass is 333 g/mol. The molecule has 1 atom stereocenters. The average Bonchev–Trinajstić information content (AvgIpc) is 2.54. The molecular formula is C17H20FN3OS. The van der Waals surface area contributed by atoms with Crippen LogP contribution in [0.3, 0.4) is 0 Å². The number of thioether (sulfide) groups is 1. The summed E-state index contributed by atoms with van der Waals surface area (Å²) in [6.07, 6.45) is 3.28. The molecule has 0 fully saturated rings. The van der Waals surface area contributed by atoms with E-state index in [1.807, 2.05) is 13.8 Å². The van der Waals surface area contributed by atoms with Crippen LogP contribution in [0, 0.1) is 5.82 Å². The molecule has 0 radical (unpaired) electrons. The van der Waals surface area contributed by atoms with Crippen LogP contribution >= 0.6 is 11.8 Å². The lowest BCUT2D eigenvalue weighted by molar-refractivity contribution is -0.120. The topological polar surface area (TPSA) is 54.9 Å². The lowest BCUT2D eigenvalue weighted by Crippen LogP contribution is -2.40. The van der Waals surface area contributed by atoms with E-state index < -0.39 is 5.41 Å². The van der Waals surface area contributed by atoms with Gasteiger partial charge in [0.2, 0.25) is 5.91 Å². The van der Waals surface area contributed by atoms with Gasteiger partial charge in [-0.3, -0.25) is 4.79 Å². The minimum absolute atomic E-state index is 0.119. The van der Waals surface area contributed by atoms with Crippen LogP contribution in [-0.4, -0.2) is 27.7 Å². The molecule has 0 spiro atoms. The van der Waals surface area contributed by atoms with E-state index in [0.717, 1.165) is 0 Å². The van der Waals surface area contributed by atoms with Crippen LogP contribution in [-0.2, 0) is 10.2 Å². The highest BCUT2D eigenvalue weighted by atomic mass is 32.2. The van der Waals surface area contributed by atoms with Crippen molar-refractivity contribution >= 4 is 17.7 Å². The number of hydrogen-bond donors (Lipinski definition) is 1. The Kier molecular flexibility index (Phi) is 5.71. The summed E-state index contributed by atoms with van der Waals surface area (Å²) < 4.78 is 13.9. The summed E-state index contributed by atoms with van der Waals surface area (Å²) in [5, 5.41) is 3.12. The molecule has 2 aromatic rings. The Morgan fingerprint density at radius 2 is 1.91 bits per heavy atom. The van der Waals surface area contributed by atoms with Crippen molar-refractivity contribution in [3.8, 4) is 0 Å². The lowest BCUT2D eigenvalue weighted by atomic mass is 9.84. The van der Waals surface area contributed by atoms with Crippen molar-refractivity contribution in [2.75, 3.05) is 6.54 Å². The van der Waals surface area contributed by atoms with Crippen molar-refractivity contribution in [2.24, 2.45) is 0 Å². The number of hydrogen-bond acceptors (Lipinski definition) is 4. The number of nitrogens with zero attached hydrogens (tertiary/aromatic N) is 2. The first-order valence-corrected chi connectivity index (χ1v) is 8.24. The van der Waals surface area contributed by atoms with Crippen LogP contribution in [0.25, 0.3) is 0 Å². The normalized spacial score (nSPS) is 12.7. The summed E-state index contributed by atoms with van der Waals surface area (Å²) in [6, 6.07) is 8.37. The molecular weight excluding hydrogens is 313 g/mol. The van der Waals surface area contributed by atoms with Gasteiger partial charge in [-0.15, -0.1) is 0 Å². The van der Waals surface area contributed by atoms with Crippen molar-refractivity contribution in [3.63, 3.8) is 0 Å². The van der Waals surface area contributed by atoms with Crippen molar-refractivity contribution < 1.29 is 9.18 Å². The summed E-state index contributed by atoms with van der Waals surface area (Å²) in [5.74, 6) is -0.376. The highest BCUT2D eigenvalue weighted by Gasteiger charge is 2.26. The summed E-state index contributed by atoms with van der Waals surface area (Å²) >= 11 is 1.29. The van der Waals surface area contributed by atoms with Gasteiger partial charge in [0.25, 0.3) is 0 Å². The number of rotatable bonds is 6. The largest absolute Gasteiger partial charge is 0.354 e. The van der Waals surface area contributed by atoms with Crippen molar-refractivity contribution in [1.82, 2.24) is 15.3 Å².